The second-order valence-corrected chi connectivity index (χ2v) is 4.76. The van der Waals surface area contributed by atoms with Gasteiger partial charge in [0.25, 0.3) is 5.91 Å². The summed E-state index contributed by atoms with van der Waals surface area (Å²) in [6.07, 6.45) is 1.60. The summed E-state index contributed by atoms with van der Waals surface area (Å²) in [4.78, 5) is 11.9. The van der Waals surface area contributed by atoms with Crippen LogP contribution in [0.2, 0.25) is 0 Å². The summed E-state index contributed by atoms with van der Waals surface area (Å²) in [5.41, 5.74) is 1.65. The molecule has 0 atom stereocenters. The van der Waals surface area contributed by atoms with Crippen molar-refractivity contribution in [2.24, 2.45) is 0 Å². The van der Waals surface area contributed by atoms with Crippen molar-refractivity contribution in [1.82, 2.24) is 5.32 Å². The molecule has 0 aliphatic carbocycles. The third kappa shape index (κ3) is 4.99. The molecule has 0 bridgehead atoms. The molecule has 2 rings (SSSR count). The molecule has 0 saturated heterocycles. The summed E-state index contributed by atoms with van der Waals surface area (Å²) in [5.74, 6) is 6.89. The lowest BCUT2D eigenvalue weighted by Crippen LogP contribution is -2.24. The number of amides is 1. The molecule has 0 aliphatic rings. The topological polar surface area (TPSA) is 38.3 Å². The van der Waals surface area contributed by atoms with Crippen LogP contribution in [0.15, 0.2) is 54.6 Å². The molecule has 112 valence electrons. The van der Waals surface area contributed by atoms with Gasteiger partial charge in [0.1, 0.15) is 5.75 Å². The Hall–Kier alpha value is -2.73. The van der Waals surface area contributed by atoms with E-state index in [1.165, 1.54) is 0 Å². The van der Waals surface area contributed by atoms with E-state index in [0.29, 0.717) is 12.1 Å². The van der Waals surface area contributed by atoms with E-state index in [0.717, 1.165) is 24.2 Å². The molecule has 0 saturated carbocycles. The molecule has 0 radical (unpaired) electrons. The number of nitrogens with one attached hydrogen (secondary N) is 1. The first-order valence-electron chi connectivity index (χ1n) is 7.26. The Morgan fingerprint density at radius 1 is 1.09 bits per heavy atom. The SMILES string of the molecule is COc1ccc(C(=O)NCCCC#Cc2ccccc2)cc1. The predicted molar refractivity (Wildman–Crippen MR) is 87.9 cm³/mol. The summed E-state index contributed by atoms with van der Waals surface area (Å²) in [6, 6.07) is 16.9. The molecule has 0 unspecified atom stereocenters. The number of ether oxygens (including phenoxy) is 1. The smallest absolute Gasteiger partial charge is 0.251 e. The van der Waals surface area contributed by atoms with Crippen LogP contribution < -0.4 is 10.1 Å². The highest BCUT2D eigenvalue weighted by molar-refractivity contribution is 5.94. The molecule has 3 heteroatoms. The summed E-state index contributed by atoms with van der Waals surface area (Å²) < 4.78 is 5.06. The van der Waals surface area contributed by atoms with Crippen molar-refractivity contribution in [2.75, 3.05) is 13.7 Å². The summed E-state index contributed by atoms with van der Waals surface area (Å²) in [6.45, 7) is 0.619. The highest BCUT2D eigenvalue weighted by Crippen LogP contribution is 2.10. The van der Waals surface area contributed by atoms with Crippen LogP contribution in [0.25, 0.3) is 0 Å². The highest BCUT2D eigenvalue weighted by Gasteiger charge is 2.03. The fourth-order valence-corrected chi connectivity index (χ4v) is 1.91. The lowest BCUT2D eigenvalue weighted by atomic mass is 10.2. The lowest BCUT2D eigenvalue weighted by molar-refractivity contribution is 0.0953. The molecule has 1 amide bonds. The molecular formula is C19H19NO2. The third-order valence-electron chi connectivity index (χ3n) is 3.12. The number of benzene rings is 2. The first-order valence-corrected chi connectivity index (χ1v) is 7.26. The Kier molecular flexibility index (Phi) is 6.07. The second-order valence-electron chi connectivity index (χ2n) is 4.76. The molecule has 2 aromatic carbocycles. The quantitative estimate of drug-likeness (QED) is 0.679. The minimum Gasteiger partial charge on any atom is -0.497 e. The summed E-state index contributed by atoms with van der Waals surface area (Å²) >= 11 is 0. The lowest BCUT2D eigenvalue weighted by Gasteiger charge is -2.05. The maximum Gasteiger partial charge on any atom is 0.251 e. The van der Waals surface area contributed by atoms with Crippen molar-refractivity contribution < 1.29 is 9.53 Å². The Bertz CT molecular complexity index is 651. The average Bonchev–Trinajstić information content (AvgIpc) is 2.58. The van der Waals surface area contributed by atoms with Crippen molar-refractivity contribution in [3.8, 4) is 17.6 Å². The van der Waals surface area contributed by atoms with E-state index >= 15 is 0 Å². The fraction of sp³-hybridized carbons (Fsp3) is 0.211. The minimum absolute atomic E-state index is 0.0707. The number of methoxy groups -OCH3 is 1. The van der Waals surface area contributed by atoms with E-state index in [-0.39, 0.29) is 5.91 Å². The number of unbranched alkanes of at least 4 members (excludes halogenated alkanes) is 1. The number of carbonyl (C=O) groups excluding carboxylic acids is 1. The van der Waals surface area contributed by atoms with E-state index in [9.17, 15) is 4.79 Å². The first-order chi connectivity index (χ1) is 10.8. The van der Waals surface area contributed by atoms with Crippen LogP contribution in [0.3, 0.4) is 0 Å². The van der Waals surface area contributed by atoms with Crippen LogP contribution in [0.4, 0.5) is 0 Å². The van der Waals surface area contributed by atoms with Gasteiger partial charge in [-0.05, 0) is 42.8 Å². The standard InChI is InChI=1S/C19H19NO2/c1-22-18-13-11-17(12-14-18)19(21)20-15-7-3-6-10-16-8-4-2-5-9-16/h2,4-5,8-9,11-14H,3,7,15H2,1H3,(H,20,21). The Balaban J connectivity index is 1.70. The van der Waals surface area contributed by atoms with Gasteiger partial charge < -0.3 is 10.1 Å². The van der Waals surface area contributed by atoms with E-state index < -0.39 is 0 Å². The molecule has 2 aromatic rings. The normalized spacial score (nSPS) is 9.50. The van der Waals surface area contributed by atoms with Gasteiger partial charge in [0.2, 0.25) is 0 Å². The fourth-order valence-electron chi connectivity index (χ4n) is 1.91. The number of hydrogen-bond acceptors (Lipinski definition) is 2. The summed E-state index contributed by atoms with van der Waals surface area (Å²) in [7, 11) is 1.60. The van der Waals surface area contributed by atoms with Gasteiger partial charge in [-0.25, -0.2) is 0 Å². The van der Waals surface area contributed by atoms with E-state index in [1.54, 1.807) is 31.4 Å². The number of carbonyl (C=O) groups is 1. The molecule has 0 fully saturated rings. The maximum absolute atomic E-state index is 11.9. The van der Waals surface area contributed by atoms with Crippen LogP contribution >= 0.6 is 0 Å². The molecule has 0 heterocycles. The second kappa shape index (κ2) is 8.53. The van der Waals surface area contributed by atoms with Gasteiger partial charge in [0.05, 0.1) is 7.11 Å². The maximum atomic E-state index is 11.9. The van der Waals surface area contributed by atoms with Gasteiger partial charge in [0.15, 0.2) is 0 Å². The zero-order chi connectivity index (χ0) is 15.6. The van der Waals surface area contributed by atoms with Gasteiger partial charge in [0, 0.05) is 24.1 Å². The van der Waals surface area contributed by atoms with Gasteiger partial charge in [-0.3, -0.25) is 4.79 Å². The largest absolute Gasteiger partial charge is 0.497 e. The van der Waals surface area contributed by atoms with Gasteiger partial charge in [-0.2, -0.15) is 0 Å². The molecule has 0 spiro atoms. The van der Waals surface area contributed by atoms with Crippen molar-refractivity contribution in [3.05, 3.63) is 65.7 Å². The van der Waals surface area contributed by atoms with Crippen molar-refractivity contribution >= 4 is 5.91 Å². The zero-order valence-electron chi connectivity index (χ0n) is 12.6. The Morgan fingerprint density at radius 3 is 2.50 bits per heavy atom. The molecule has 0 aliphatic heterocycles. The first kappa shape index (κ1) is 15.7. The zero-order valence-corrected chi connectivity index (χ0v) is 12.6. The van der Waals surface area contributed by atoms with E-state index in [1.807, 2.05) is 30.3 Å². The Labute approximate surface area is 131 Å². The average molecular weight is 293 g/mol. The van der Waals surface area contributed by atoms with Crippen LogP contribution in [0.5, 0.6) is 5.75 Å². The highest BCUT2D eigenvalue weighted by atomic mass is 16.5. The molecule has 22 heavy (non-hydrogen) atoms. The molecule has 0 aromatic heterocycles. The van der Waals surface area contributed by atoms with Crippen molar-refractivity contribution in [1.29, 1.82) is 0 Å². The molecular weight excluding hydrogens is 274 g/mol. The van der Waals surface area contributed by atoms with Crippen molar-refractivity contribution in [2.45, 2.75) is 12.8 Å². The monoisotopic (exact) mass is 293 g/mol. The number of rotatable bonds is 5. The third-order valence-corrected chi connectivity index (χ3v) is 3.12. The molecule has 3 nitrogen and oxygen atoms in total. The van der Waals surface area contributed by atoms with Crippen LogP contribution in [0, 0.1) is 11.8 Å². The van der Waals surface area contributed by atoms with Gasteiger partial charge in [-0.15, -0.1) is 0 Å². The van der Waals surface area contributed by atoms with E-state index in [4.69, 9.17) is 4.74 Å². The van der Waals surface area contributed by atoms with Crippen LogP contribution in [-0.4, -0.2) is 19.6 Å². The van der Waals surface area contributed by atoms with Gasteiger partial charge >= 0.3 is 0 Å². The predicted octanol–water partition coefficient (Wildman–Crippen LogP) is 3.26. The van der Waals surface area contributed by atoms with E-state index in [2.05, 4.69) is 17.2 Å². The number of hydrogen-bond donors (Lipinski definition) is 1. The van der Waals surface area contributed by atoms with Crippen LogP contribution in [-0.2, 0) is 0 Å². The van der Waals surface area contributed by atoms with Crippen molar-refractivity contribution in [3.63, 3.8) is 0 Å². The summed E-state index contributed by atoms with van der Waals surface area (Å²) in [5, 5.41) is 2.89. The van der Waals surface area contributed by atoms with Crippen LogP contribution in [0.1, 0.15) is 28.8 Å². The molecule has 1 N–H and O–H groups in total. The Morgan fingerprint density at radius 2 is 1.82 bits per heavy atom. The van der Waals surface area contributed by atoms with Gasteiger partial charge in [-0.1, -0.05) is 30.0 Å². The minimum atomic E-state index is -0.0707.